The van der Waals surface area contributed by atoms with Gasteiger partial charge in [0, 0.05) is 11.3 Å². The summed E-state index contributed by atoms with van der Waals surface area (Å²) in [5.74, 6) is 0.122. The van der Waals surface area contributed by atoms with Crippen LogP contribution in [0.4, 0.5) is 5.69 Å². The topological polar surface area (TPSA) is 75.9 Å². The molecule has 1 aromatic carbocycles. The van der Waals surface area contributed by atoms with Gasteiger partial charge < -0.3 is 11.5 Å². The quantitative estimate of drug-likeness (QED) is 0.386. The van der Waals surface area contributed by atoms with Crippen molar-refractivity contribution < 1.29 is 0 Å². The van der Waals surface area contributed by atoms with Crippen molar-refractivity contribution in [3.8, 4) is 0 Å². The van der Waals surface area contributed by atoms with Crippen LogP contribution in [-0.4, -0.2) is 5.84 Å². The number of benzene rings is 1. The van der Waals surface area contributed by atoms with E-state index in [-0.39, 0.29) is 5.84 Å². The summed E-state index contributed by atoms with van der Waals surface area (Å²) < 4.78 is 0. The molecule has 0 amide bonds. The van der Waals surface area contributed by atoms with Gasteiger partial charge in [0.05, 0.1) is 0 Å². The van der Waals surface area contributed by atoms with Crippen molar-refractivity contribution in [1.29, 1.82) is 5.41 Å². The minimum Gasteiger partial charge on any atom is -0.398 e. The highest BCUT2D eigenvalue weighted by Crippen LogP contribution is 2.22. The number of hydrogen-bond donors (Lipinski definition) is 3. The molecule has 0 aromatic heterocycles. The molecule has 0 aliphatic carbocycles. The Hall–Kier alpha value is -1.51. The Bertz CT molecular complexity index is 356. The number of hydrogen-bond acceptors (Lipinski definition) is 2. The second-order valence-corrected chi connectivity index (χ2v) is 3.28. The third-order valence-corrected chi connectivity index (χ3v) is 2.46. The van der Waals surface area contributed by atoms with E-state index in [0.717, 1.165) is 35.2 Å². The fraction of sp³-hybridized carbons (Fsp3) is 0.364. The summed E-state index contributed by atoms with van der Waals surface area (Å²) in [5.41, 5.74) is 15.2. The molecule has 1 aromatic rings. The van der Waals surface area contributed by atoms with Crippen LogP contribution in [0.5, 0.6) is 0 Å². The molecule has 0 fully saturated rings. The van der Waals surface area contributed by atoms with Gasteiger partial charge in [-0.1, -0.05) is 13.8 Å². The third-order valence-electron chi connectivity index (χ3n) is 2.46. The van der Waals surface area contributed by atoms with E-state index >= 15 is 0 Å². The normalized spacial score (nSPS) is 10.1. The molecule has 0 aliphatic heterocycles. The van der Waals surface area contributed by atoms with Gasteiger partial charge in [-0.25, -0.2) is 0 Å². The van der Waals surface area contributed by atoms with E-state index < -0.39 is 0 Å². The van der Waals surface area contributed by atoms with Gasteiger partial charge in [0.15, 0.2) is 0 Å². The molecule has 0 saturated carbocycles. The molecular weight excluding hydrogens is 174 g/mol. The Morgan fingerprint density at radius 1 is 1.21 bits per heavy atom. The van der Waals surface area contributed by atoms with Gasteiger partial charge in [-0.3, -0.25) is 5.41 Å². The van der Waals surface area contributed by atoms with Crippen molar-refractivity contribution in [2.75, 3.05) is 5.73 Å². The Morgan fingerprint density at radius 3 is 2.21 bits per heavy atom. The molecule has 0 aliphatic rings. The van der Waals surface area contributed by atoms with Crippen LogP contribution in [0, 0.1) is 5.41 Å². The van der Waals surface area contributed by atoms with Crippen molar-refractivity contribution in [3.05, 3.63) is 28.8 Å². The summed E-state index contributed by atoms with van der Waals surface area (Å²) in [4.78, 5) is 0. The van der Waals surface area contributed by atoms with Gasteiger partial charge in [0.2, 0.25) is 0 Å². The maximum atomic E-state index is 7.46. The third kappa shape index (κ3) is 1.71. The maximum absolute atomic E-state index is 7.46. The predicted molar refractivity (Wildman–Crippen MR) is 60.6 cm³/mol. The van der Waals surface area contributed by atoms with Crippen LogP contribution >= 0.6 is 0 Å². The SMILES string of the molecule is CCc1c(N)ccc(C(=N)N)c1CC. The first kappa shape index (κ1) is 10.6. The highest BCUT2D eigenvalue weighted by molar-refractivity contribution is 5.97. The number of nitrogens with two attached hydrogens (primary N) is 2. The number of nitrogen functional groups attached to an aromatic ring is 2. The fourth-order valence-corrected chi connectivity index (χ4v) is 1.78. The van der Waals surface area contributed by atoms with Gasteiger partial charge in [0.25, 0.3) is 0 Å². The van der Waals surface area contributed by atoms with Gasteiger partial charge in [-0.05, 0) is 36.1 Å². The Morgan fingerprint density at radius 2 is 1.79 bits per heavy atom. The van der Waals surface area contributed by atoms with Crippen LogP contribution in [0.3, 0.4) is 0 Å². The summed E-state index contributed by atoms with van der Waals surface area (Å²) >= 11 is 0. The molecule has 0 spiro atoms. The van der Waals surface area contributed by atoms with Gasteiger partial charge in [-0.2, -0.15) is 0 Å². The molecule has 0 unspecified atom stereocenters. The zero-order valence-corrected chi connectivity index (χ0v) is 8.72. The van der Waals surface area contributed by atoms with E-state index in [2.05, 4.69) is 13.8 Å². The second-order valence-electron chi connectivity index (χ2n) is 3.28. The summed E-state index contributed by atoms with van der Waals surface area (Å²) in [5, 5.41) is 7.46. The summed E-state index contributed by atoms with van der Waals surface area (Å²) in [6.07, 6.45) is 1.75. The van der Waals surface area contributed by atoms with E-state index in [1.807, 2.05) is 12.1 Å². The Balaban J connectivity index is 3.40. The highest BCUT2D eigenvalue weighted by Gasteiger charge is 2.10. The first-order valence-corrected chi connectivity index (χ1v) is 4.86. The fourth-order valence-electron chi connectivity index (χ4n) is 1.78. The lowest BCUT2D eigenvalue weighted by molar-refractivity contribution is 1.03. The zero-order chi connectivity index (χ0) is 10.7. The van der Waals surface area contributed by atoms with Crippen LogP contribution in [0.25, 0.3) is 0 Å². The molecular formula is C11H17N3. The average Bonchev–Trinajstić information content (AvgIpc) is 2.16. The van der Waals surface area contributed by atoms with E-state index in [1.165, 1.54) is 0 Å². The van der Waals surface area contributed by atoms with E-state index in [9.17, 15) is 0 Å². The molecule has 3 nitrogen and oxygen atoms in total. The number of nitrogens with one attached hydrogen (secondary N) is 1. The standard InChI is InChI=1S/C11H17N3/c1-3-7-8(4-2)10(12)6-5-9(7)11(13)14/h5-6H,3-4,12H2,1-2H3,(H3,13,14). The Kier molecular flexibility index (Phi) is 3.12. The Labute approximate surface area is 84.6 Å². The van der Waals surface area contributed by atoms with E-state index in [0.29, 0.717) is 0 Å². The minimum absolute atomic E-state index is 0.122. The average molecular weight is 191 g/mol. The smallest absolute Gasteiger partial charge is 0.123 e. The second kappa shape index (κ2) is 4.13. The first-order valence-electron chi connectivity index (χ1n) is 4.86. The number of rotatable bonds is 3. The molecule has 76 valence electrons. The number of anilines is 1. The number of amidine groups is 1. The van der Waals surface area contributed by atoms with Crippen molar-refractivity contribution in [1.82, 2.24) is 0 Å². The van der Waals surface area contributed by atoms with Gasteiger partial charge in [0.1, 0.15) is 5.84 Å². The zero-order valence-electron chi connectivity index (χ0n) is 8.72. The largest absolute Gasteiger partial charge is 0.398 e. The lowest BCUT2D eigenvalue weighted by Crippen LogP contribution is -2.15. The van der Waals surface area contributed by atoms with Gasteiger partial charge >= 0.3 is 0 Å². The summed E-state index contributed by atoms with van der Waals surface area (Å²) in [7, 11) is 0. The molecule has 1 rings (SSSR count). The predicted octanol–water partition coefficient (Wildman–Crippen LogP) is 1.68. The van der Waals surface area contributed by atoms with Crippen LogP contribution < -0.4 is 11.5 Å². The van der Waals surface area contributed by atoms with Crippen LogP contribution in [0.15, 0.2) is 12.1 Å². The lowest BCUT2D eigenvalue weighted by atomic mass is 9.95. The van der Waals surface area contributed by atoms with Crippen molar-refractivity contribution in [2.45, 2.75) is 26.7 Å². The summed E-state index contributed by atoms with van der Waals surface area (Å²) in [6.45, 7) is 4.12. The van der Waals surface area contributed by atoms with Crippen LogP contribution in [-0.2, 0) is 12.8 Å². The monoisotopic (exact) mass is 191 g/mol. The van der Waals surface area contributed by atoms with Crippen molar-refractivity contribution in [2.24, 2.45) is 5.73 Å². The minimum atomic E-state index is 0.122. The van der Waals surface area contributed by atoms with Gasteiger partial charge in [-0.15, -0.1) is 0 Å². The molecule has 3 heteroatoms. The molecule has 5 N–H and O–H groups in total. The first-order chi connectivity index (χ1) is 6.61. The molecule has 0 radical (unpaired) electrons. The maximum Gasteiger partial charge on any atom is 0.123 e. The molecule has 0 saturated heterocycles. The molecule has 14 heavy (non-hydrogen) atoms. The van der Waals surface area contributed by atoms with E-state index in [4.69, 9.17) is 16.9 Å². The summed E-state index contributed by atoms with van der Waals surface area (Å²) in [6, 6.07) is 3.66. The molecule has 0 bridgehead atoms. The van der Waals surface area contributed by atoms with Crippen molar-refractivity contribution in [3.63, 3.8) is 0 Å². The highest BCUT2D eigenvalue weighted by atomic mass is 14.7. The van der Waals surface area contributed by atoms with Crippen LogP contribution in [0.1, 0.15) is 30.5 Å². The molecule has 0 heterocycles. The van der Waals surface area contributed by atoms with Crippen LogP contribution in [0.2, 0.25) is 0 Å². The van der Waals surface area contributed by atoms with E-state index in [1.54, 1.807) is 0 Å². The molecule has 0 atom stereocenters. The van der Waals surface area contributed by atoms with Crippen molar-refractivity contribution >= 4 is 11.5 Å². The lowest BCUT2D eigenvalue weighted by Gasteiger charge is -2.13.